The molecule has 0 spiro atoms. The summed E-state index contributed by atoms with van der Waals surface area (Å²) in [7, 11) is 1.57. The molecule has 1 amide bonds. The molecule has 168 valence electrons. The Balaban J connectivity index is 1.84. The lowest BCUT2D eigenvalue weighted by atomic mass is 9.72. The van der Waals surface area contributed by atoms with Gasteiger partial charge in [-0.1, -0.05) is 43.0 Å². The van der Waals surface area contributed by atoms with Crippen molar-refractivity contribution in [1.82, 2.24) is 4.90 Å². The predicted octanol–water partition coefficient (Wildman–Crippen LogP) is 3.40. The third-order valence-corrected chi connectivity index (χ3v) is 6.50. The van der Waals surface area contributed by atoms with E-state index in [4.69, 9.17) is 9.47 Å². The lowest BCUT2D eigenvalue weighted by molar-refractivity contribution is -0.139. The lowest BCUT2D eigenvalue weighted by Gasteiger charge is -2.33. The van der Waals surface area contributed by atoms with Crippen LogP contribution in [-0.2, 0) is 9.59 Å². The van der Waals surface area contributed by atoms with Gasteiger partial charge in [0.1, 0.15) is 6.61 Å². The zero-order chi connectivity index (χ0) is 23.3. The summed E-state index contributed by atoms with van der Waals surface area (Å²) >= 11 is 1.50. The van der Waals surface area contributed by atoms with E-state index in [9.17, 15) is 14.7 Å². The summed E-state index contributed by atoms with van der Waals surface area (Å²) in [5, 5.41) is 10.5. The normalized spacial score (nSPS) is 20.8. The highest BCUT2D eigenvalue weighted by molar-refractivity contribution is 14.1. The Kier molecular flexibility index (Phi) is 7.80. The van der Waals surface area contributed by atoms with Crippen LogP contribution in [0.4, 0.5) is 0 Å². The van der Waals surface area contributed by atoms with Crippen LogP contribution in [0.5, 0.6) is 11.5 Å². The highest BCUT2D eigenvalue weighted by Crippen LogP contribution is 2.46. The van der Waals surface area contributed by atoms with Crippen molar-refractivity contribution < 1.29 is 24.2 Å². The topological polar surface area (TPSA) is 76.1 Å². The maximum atomic E-state index is 12.3. The summed E-state index contributed by atoms with van der Waals surface area (Å²) in [5.74, 6) is 6.45. The maximum absolute atomic E-state index is 12.3. The van der Waals surface area contributed by atoms with Gasteiger partial charge >= 0.3 is 5.91 Å². The number of amides is 1. The van der Waals surface area contributed by atoms with Crippen LogP contribution in [0.1, 0.15) is 30.9 Å². The maximum Gasteiger partial charge on any atom is 0.300 e. The molecule has 1 fully saturated rings. The second kappa shape index (κ2) is 10.4. The molecule has 2 aromatic carbocycles. The molecule has 1 N–H and O–H groups in total. The average molecular weight is 547 g/mol. The van der Waals surface area contributed by atoms with Gasteiger partial charge < -0.3 is 19.5 Å². The Labute approximate surface area is 202 Å². The molecule has 1 saturated heterocycles. The van der Waals surface area contributed by atoms with Crippen molar-refractivity contribution in [3.63, 3.8) is 0 Å². The van der Waals surface area contributed by atoms with E-state index < -0.39 is 21.2 Å². The van der Waals surface area contributed by atoms with Crippen LogP contribution in [0.2, 0.25) is 0 Å². The van der Waals surface area contributed by atoms with E-state index in [1.807, 2.05) is 55.5 Å². The summed E-state index contributed by atoms with van der Waals surface area (Å²) in [5.41, 5.74) is 1.20. The summed E-state index contributed by atoms with van der Waals surface area (Å²) in [6, 6.07) is 15.2. The number of likely N-dealkylation sites (tertiary alicyclic amines) is 1. The van der Waals surface area contributed by atoms with E-state index in [0.717, 1.165) is 11.1 Å². The Morgan fingerprint density at radius 3 is 2.59 bits per heavy atom. The first kappa shape index (κ1) is 24.1. The molecule has 3 rings (SSSR count). The molecule has 1 aliphatic rings. The highest BCUT2D eigenvalue weighted by Gasteiger charge is 2.49. The fourth-order valence-corrected chi connectivity index (χ4v) is 4.34. The van der Waals surface area contributed by atoms with Gasteiger partial charge in [-0.2, -0.15) is 0 Å². The third kappa shape index (κ3) is 5.25. The SMILES string of the molecule is COc1ccc([C@@H]2CN(C(=O)C(=O)I)C[C@@]2(C)[C@@H](C)O)cc1OCC#Cc1ccccc1. The first-order chi connectivity index (χ1) is 15.3. The van der Waals surface area contributed by atoms with E-state index in [0.29, 0.717) is 24.6 Å². The number of hydrogen-bond donors (Lipinski definition) is 1. The predicted molar refractivity (Wildman–Crippen MR) is 130 cm³/mol. The number of carbonyl (C=O) groups is 2. The van der Waals surface area contributed by atoms with Crippen LogP contribution in [0, 0.1) is 17.3 Å². The second-order valence-electron chi connectivity index (χ2n) is 8.06. The number of nitrogens with zero attached hydrogens (tertiary/aromatic N) is 1. The molecule has 2 aromatic rings. The number of hydrogen-bond acceptors (Lipinski definition) is 5. The van der Waals surface area contributed by atoms with Gasteiger partial charge in [0, 0.05) is 52.6 Å². The summed E-state index contributed by atoms with van der Waals surface area (Å²) in [6.45, 7) is 4.47. The minimum Gasteiger partial charge on any atom is -0.493 e. The quantitative estimate of drug-likeness (QED) is 0.260. The van der Waals surface area contributed by atoms with Gasteiger partial charge in [0.05, 0.1) is 13.2 Å². The Hall–Kier alpha value is -2.57. The molecule has 3 atom stereocenters. The number of rotatable bonds is 6. The van der Waals surface area contributed by atoms with Gasteiger partial charge in [-0.15, -0.1) is 0 Å². The molecule has 7 heteroatoms. The van der Waals surface area contributed by atoms with E-state index in [-0.39, 0.29) is 12.5 Å². The van der Waals surface area contributed by atoms with Crippen molar-refractivity contribution in [2.75, 3.05) is 26.8 Å². The highest BCUT2D eigenvalue weighted by atomic mass is 127. The van der Waals surface area contributed by atoms with E-state index in [2.05, 4.69) is 11.8 Å². The van der Waals surface area contributed by atoms with E-state index in [1.165, 1.54) is 27.5 Å². The molecule has 0 radical (unpaired) electrons. The van der Waals surface area contributed by atoms with Crippen molar-refractivity contribution in [3.05, 3.63) is 59.7 Å². The number of aliphatic hydroxyl groups is 1. The van der Waals surface area contributed by atoms with Crippen LogP contribution < -0.4 is 9.47 Å². The largest absolute Gasteiger partial charge is 0.493 e. The Morgan fingerprint density at radius 2 is 1.97 bits per heavy atom. The van der Waals surface area contributed by atoms with Crippen LogP contribution in [-0.4, -0.2) is 52.6 Å². The van der Waals surface area contributed by atoms with Gasteiger partial charge in [-0.05, 0) is 36.8 Å². The number of halogens is 1. The average Bonchev–Trinajstić information content (AvgIpc) is 3.15. The van der Waals surface area contributed by atoms with Crippen LogP contribution in [0.25, 0.3) is 0 Å². The smallest absolute Gasteiger partial charge is 0.300 e. The zero-order valence-corrected chi connectivity index (χ0v) is 20.5. The lowest BCUT2D eigenvalue weighted by Crippen LogP contribution is -2.39. The molecule has 0 aliphatic carbocycles. The first-order valence-corrected chi connectivity index (χ1v) is 11.4. The monoisotopic (exact) mass is 547 g/mol. The minimum absolute atomic E-state index is 0.175. The molecule has 6 nitrogen and oxygen atoms in total. The fraction of sp³-hybridized carbons (Fsp3) is 0.360. The van der Waals surface area contributed by atoms with Crippen LogP contribution in [0.15, 0.2) is 48.5 Å². The molecular weight excluding hydrogens is 521 g/mol. The van der Waals surface area contributed by atoms with Crippen molar-refractivity contribution in [1.29, 1.82) is 0 Å². The molecule has 0 saturated carbocycles. The molecule has 0 unspecified atom stereocenters. The number of carbonyl (C=O) groups excluding carboxylic acids is 2. The standard InChI is InChI=1S/C25H26INO5/c1-17(28)25(2)16-27(24(30)23(26)29)15-20(25)19-11-12-21(31-3)22(14-19)32-13-7-10-18-8-5-4-6-9-18/h4-6,8-9,11-12,14,17,20,28H,13,15-16H2,1-3H3/t17-,20+,25+/m1/s1. The van der Waals surface area contributed by atoms with Gasteiger partial charge in [0.25, 0.3) is 3.79 Å². The fourth-order valence-electron chi connectivity index (χ4n) is 4.00. The molecule has 0 aromatic heterocycles. The molecular formula is C25H26INO5. The number of methoxy groups -OCH3 is 1. The third-order valence-electron chi connectivity index (χ3n) is 6.04. The van der Waals surface area contributed by atoms with Gasteiger partial charge in [0.2, 0.25) is 0 Å². The van der Waals surface area contributed by atoms with Crippen molar-refractivity contribution in [2.45, 2.75) is 25.9 Å². The zero-order valence-electron chi connectivity index (χ0n) is 18.3. The minimum atomic E-state index is -0.683. The molecule has 1 heterocycles. The molecule has 0 bridgehead atoms. The van der Waals surface area contributed by atoms with Crippen molar-refractivity contribution >= 4 is 32.3 Å². The van der Waals surface area contributed by atoms with E-state index >= 15 is 0 Å². The van der Waals surface area contributed by atoms with E-state index in [1.54, 1.807) is 14.0 Å². The Bertz CT molecular complexity index is 1040. The van der Waals surface area contributed by atoms with Gasteiger partial charge in [0.15, 0.2) is 11.5 Å². The summed E-state index contributed by atoms with van der Waals surface area (Å²) in [4.78, 5) is 25.5. The Morgan fingerprint density at radius 1 is 1.25 bits per heavy atom. The summed E-state index contributed by atoms with van der Waals surface area (Å²) in [6.07, 6.45) is -0.683. The van der Waals surface area contributed by atoms with Crippen molar-refractivity contribution in [2.24, 2.45) is 5.41 Å². The summed E-state index contributed by atoms with van der Waals surface area (Å²) < 4.78 is 10.8. The number of ether oxygens (including phenoxy) is 2. The molecule has 32 heavy (non-hydrogen) atoms. The molecule has 1 aliphatic heterocycles. The van der Waals surface area contributed by atoms with Gasteiger partial charge in [-0.3, -0.25) is 9.59 Å². The van der Waals surface area contributed by atoms with Crippen LogP contribution >= 0.6 is 22.6 Å². The number of benzene rings is 2. The second-order valence-corrected chi connectivity index (χ2v) is 9.04. The number of aliphatic hydroxyl groups excluding tert-OH is 1. The van der Waals surface area contributed by atoms with Gasteiger partial charge in [-0.25, -0.2) is 0 Å². The van der Waals surface area contributed by atoms with Crippen molar-refractivity contribution in [3.8, 4) is 23.3 Å². The van der Waals surface area contributed by atoms with Crippen LogP contribution in [0.3, 0.4) is 0 Å². The first-order valence-electron chi connectivity index (χ1n) is 10.3.